The average Bonchev–Trinajstić information content (AvgIpc) is 2.58. The van der Waals surface area contributed by atoms with Crippen molar-refractivity contribution in [2.45, 2.75) is 72.7 Å². The summed E-state index contributed by atoms with van der Waals surface area (Å²) >= 11 is 6.15. The highest BCUT2D eigenvalue weighted by Gasteiger charge is 2.27. The van der Waals surface area contributed by atoms with Crippen LogP contribution in [0.25, 0.3) is 0 Å². The number of carbonyl (C=O) groups excluding carboxylic acids is 2. The van der Waals surface area contributed by atoms with Gasteiger partial charge in [-0.15, -0.1) is 0 Å². The molecule has 0 heterocycles. The number of anilines is 1. The van der Waals surface area contributed by atoms with Gasteiger partial charge >= 0.3 is 12.2 Å². The molecule has 0 spiro atoms. The molecule has 0 fully saturated rings. The minimum Gasteiger partial charge on any atom is -0.444 e. The Labute approximate surface area is 184 Å². The molecule has 1 rings (SSSR count). The van der Waals surface area contributed by atoms with E-state index in [2.05, 4.69) is 0 Å². The third kappa shape index (κ3) is 8.79. The number of amides is 2. The van der Waals surface area contributed by atoms with E-state index in [1.165, 1.54) is 4.90 Å². The molecular formula is C22H35ClN2O5. The van der Waals surface area contributed by atoms with Gasteiger partial charge in [0.2, 0.25) is 0 Å². The third-order valence-electron chi connectivity index (χ3n) is 3.86. The van der Waals surface area contributed by atoms with Crippen molar-refractivity contribution in [3.8, 4) is 0 Å². The fourth-order valence-corrected chi connectivity index (χ4v) is 2.83. The summed E-state index contributed by atoms with van der Waals surface area (Å²) in [5.41, 5.74) is -0.351. The van der Waals surface area contributed by atoms with Crippen LogP contribution in [0.15, 0.2) is 18.2 Å². The monoisotopic (exact) mass is 442 g/mol. The maximum atomic E-state index is 13.0. The van der Waals surface area contributed by atoms with Gasteiger partial charge in [-0.3, -0.25) is 4.90 Å². The van der Waals surface area contributed by atoms with Crippen LogP contribution in [-0.4, -0.2) is 53.0 Å². The van der Waals surface area contributed by atoms with Crippen molar-refractivity contribution in [2.75, 3.05) is 24.5 Å². The van der Waals surface area contributed by atoms with Gasteiger partial charge in [-0.2, -0.15) is 0 Å². The van der Waals surface area contributed by atoms with E-state index < -0.39 is 23.4 Å². The van der Waals surface area contributed by atoms with Gasteiger partial charge in [-0.25, -0.2) is 9.59 Å². The largest absolute Gasteiger partial charge is 0.444 e. The van der Waals surface area contributed by atoms with Gasteiger partial charge < -0.3 is 19.5 Å². The summed E-state index contributed by atoms with van der Waals surface area (Å²) in [5, 5.41) is 10.2. The maximum Gasteiger partial charge on any atom is 0.414 e. The summed E-state index contributed by atoms with van der Waals surface area (Å²) < 4.78 is 11.0. The second kappa shape index (κ2) is 10.9. The predicted octanol–water partition coefficient (Wildman–Crippen LogP) is 5.22. The second-order valence-corrected chi connectivity index (χ2v) is 9.47. The van der Waals surface area contributed by atoms with Crippen LogP contribution in [0.4, 0.5) is 15.3 Å². The molecule has 0 radical (unpaired) electrons. The standard InChI is InChI=1S/C22H35ClN2O5/c1-8-11-24(19(27)29-21(2,3)4)12-13-25(20(28)30-22(5,6)7)18-14-17(23)10-9-16(18)15-26/h9-10,14,26H,8,11-13,15H2,1-7H3. The van der Waals surface area contributed by atoms with Crippen LogP contribution >= 0.6 is 11.6 Å². The van der Waals surface area contributed by atoms with E-state index in [1.54, 1.807) is 43.9 Å². The second-order valence-electron chi connectivity index (χ2n) is 9.03. The first-order valence-electron chi connectivity index (χ1n) is 10.1. The van der Waals surface area contributed by atoms with E-state index in [0.29, 0.717) is 22.8 Å². The SMILES string of the molecule is CCCN(CCN(C(=O)OC(C)(C)C)c1cc(Cl)ccc1CO)C(=O)OC(C)(C)C. The molecule has 0 bridgehead atoms. The Bertz CT molecular complexity index is 725. The zero-order chi connectivity index (χ0) is 23.1. The Morgan fingerprint density at radius 3 is 2.03 bits per heavy atom. The number of hydrogen-bond acceptors (Lipinski definition) is 5. The molecule has 0 aliphatic rings. The van der Waals surface area contributed by atoms with Gasteiger partial charge in [-0.1, -0.05) is 24.6 Å². The van der Waals surface area contributed by atoms with E-state index in [-0.39, 0.29) is 19.7 Å². The molecule has 0 saturated heterocycles. The lowest BCUT2D eigenvalue weighted by molar-refractivity contribution is 0.0248. The number of rotatable bonds is 7. The van der Waals surface area contributed by atoms with E-state index >= 15 is 0 Å². The number of hydrogen-bond donors (Lipinski definition) is 1. The van der Waals surface area contributed by atoms with Crippen LogP contribution in [0.1, 0.15) is 60.5 Å². The molecule has 0 aromatic heterocycles. The van der Waals surface area contributed by atoms with E-state index in [9.17, 15) is 14.7 Å². The minimum absolute atomic E-state index is 0.154. The zero-order valence-corrected chi connectivity index (χ0v) is 19.9. The molecule has 1 aromatic rings. The molecule has 0 unspecified atom stereocenters. The molecule has 30 heavy (non-hydrogen) atoms. The lowest BCUT2D eigenvalue weighted by Crippen LogP contribution is -2.45. The number of ether oxygens (including phenoxy) is 2. The summed E-state index contributed by atoms with van der Waals surface area (Å²) in [4.78, 5) is 28.5. The number of benzene rings is 1. The van der Waals surface area contributed by atoms with E-state index in [4.69, 9.17) is 21.1 Å². The van der Waals surface area contributed by atoms with Crippen LogP contribution in [0.2, 0.25) is 5.02 Å². The van der Waals surface area contributed by atoms with Gasteiger partial charge in [0.1, 0.15) is 11.2 Å². The summed E-state index contributed by atoms with van der Waals surface area (Å²) in [7, 11) is 0. The van der Waals surface area contributed by atoms with Crippen LogP contribution in [0.5, 0.6) is 0 Å². The molecule has 2 amide bonds. The van der Waals surface area contributed by atoms with Gasteiger partial charge in [0.05, 0.1) is 12.3 Å². The summed E-state index contributed by atoms with van der Waals surface area (Å²) in [6.45, 7) is 13.3. The van der Waals surface area contributed by atoms with E-state index in [0.717, 1.165) is 6.42 Å². The van der Waals surface area contributed by atoms with Gasteiger partial charge in [0.15, 0.2) is 0 Å². The fraction of sp³-hybridized carbons (Fsp3) is 0.636. The summed E-state index contributed by atoms with van der Waals surface area (Å²) in [6, 6.07) is 4.91. The van der Waals surface area contributed by atoms with Crippen LogP contribution in [0, 0.1) is 0 Å². The fourth-order valence-electron chi connectivity index (χ4n) is 2.66. The van der Waals surface area contributed by atoms with Crippen LogP contribution < -0.4 is 4.90 Å². The smallest absolute Gasteiger partial charge is 0.414 e. The van der Waals surface area contributed by atoms with Crippen molar-refractivity contribution in [1.29, 1.82) is 0 Å². The molecule has 0 aliphatic carbocycles. The predicted molar refractivity (Wildman–Crippen MR) is 119 cm³/mol. The molecule has 170 valence electrons. The summed E-state index contributed by atoms with van der Waals surface area (Å²) in [5.74, 6) is 0. The topological polar surface area (TPSA) is 79.3 Å². The third-order valence-corrected chi connectivity index (χ3v) is 4.10. The number of aliphatic hydroxyl groups is 1. The highest BCUT2D eigenvalue weighted by atomic mass is 35.5. The van der Waals surface area contributed by atoms with Crippen LogP contribution in [-0.2, 0) is 16.1 Å². The lowest BCUT2D eigenvalue weighted by atomic mass is 10.1. The van der Waals surface area contributed by atoms with E-state index in [1.807, 2.05) is 27.7 Å². The number of aliphatic hydroxyl groups excluding tert-OH is 1. The van der Waals surface area contributed by atoms with Crippen molar-refractivity contribution >= 4 is 29.5 Å². The van der Waals surface area contributed by atoms with Gasteiger partial charge in [0.25, 0.3) is 0 Å². The van der Waals surface area contributed by atoms with Gasteiger partial charge in [0, 0.05) is 30.2 Å². The van der Waals surface area contributed by atoms with Crippen molar-refractivity contribution < 1.29 is 24.2 Å². The Balaban J connectivity index is 3.18. The summed E-state index contributed by atoms with van der Waals surface area (Å²) in [6.07, 6.45) is -0.285. The van der Waals surface area contributed by atoms with Crippen molar-refractivity contribution in [3.63, 3.8) is 0 Å². The maximum absolute atomic E-state index is 13.0. The molecule has 7 nitrogen and oxygen atoms in total. The highest BCUT2D eigenvalue weighted by molar-refractivity contribution is 6.31. The number of nitrogens with zero attached hydrogens (tertiary/aromatic N) is 2. The Kier molecular flexibility index (Phi) is 9.43. The molecule has 8 heteroatoms. The van der Waals surface area contributed by atoms with Gasteiger partial charge in [-0.05, 0) is 60.1 Å². The normalized spacial score (nSPS) is 11.8. The molecule has 1 aromatic carbocycles. The molecular weight excluding hydrogens is 408 g/mol. The number of halogens is 1. The Hall–Kier alpha value is -1.99. The molecule has 1 N–H and O–H groups in total. The zero-order valence-electron chi connectivity index (χ0n) is 19.1. The molecule has 0 atom stereocenters. The van der Waals surface area contributed by atoms with Crippen molar-refractivity contribution in [3.05, 3.63) is 28.8 Å². The number of carbonyl (C=O) groups is 2. The Morgan fingerprint density at radius 1 is 0.967 bits per heavy atom. The van der Waals surface area contributed by atoms with Crippen LogP contribution in [0.3, 0.4) is 0 Å². The molecule has 0 saturated carbocycles. The minimum atomic E-state index is -0.707. The first kappa shape index (κ1) is 26.0. The first-order valence-corrected chi connectivity index (χ1v) is 10.5. The Morgan fingerprint density at radius 2 is 1.53 bits per heavy atom. The quantitative estimate of drug-likeness (QED) is 0.626. The highest BCUT2D eigenvalue weighted by Crippen LogP contribution is 2.27. The van der Waals surface area contributed by atoms with Crippen molar-refractivity contribution in [2.24, 2.45) is 0 Å². The first-order chi connectivity index (χ1) is 13.8. The average molecular weight is 443 g/mol. The lowest BCUT2D eigenvalue weighted by Gasteiger charge is -2.32. The molecule has 0 aliphatic heterocycles. The van der Waals surface area contributed by atoms with Crippen molar-refractivity contribution in [1.82, 2.24) is 4.90 Å².